The molecule has 0 unspecified atom stereocenters. The molecule has 4 heteroatoms. The zero-order valence-corrected chi connectivity index (χ0v) is 8.09. The third kappa shape index (κ3) is 2.52. The SMILES string of the molecule is O=C(NCc1ccc(F)cc1F)C1CC1. The van der Waals surface area contributed by atoms with Crippen molar-refractivity contribution in [3.05, 3.63) is 35.4 Å². The van der Waals surface area contributed by atoms with Gasteiger partial charge in [-0.25, -0.2) is 8.78 Å². The second-order valence-corrected chi connectivity index (χ2v) is 3.73. The Bertz CT molecular complexity index is 388. The van der Waals surface area contributed by atoms with E-state index in [1.165, 1.54) is 12.1 Å². The number of amides is 1. The van der Waals surface area contributed by atoms with Gasteiger partial charge in [-0.15, -0.1) is 0 Å². The molecule has 2 rings (SSSR count). The average Bonchev–Trinajstić information content (AvgIpc) is 2.99. The van der Waals surface area contributed by atoms with Gasteiger partial charge in [-0.2, -0.15) is 0 Å². The van der Waals surface area contributed by atoms with Crippen LogP contribution in [0, 0.1) is 17.6 Å². The lowest BCUT2D eigenvalue weighted by molar-refractivity contribution is -0.122. The maximum Gasteiger partial charge on any atom is 0.223 e. The topological polar surface area (TPSA) is 29.1 Å². The van der Waals surface area contributed by atoms with Crippen LogP contribution in [0.4, 0.5) is 8.78 Å². The quantitative estimate of drug-likeness (QED) is 0.813. The van der Waals surface area contributed by atoms with Crippen molar-refractivity contribution in [1.82, 2.24) is 5.32 Å². The number of benzene rings is 1. The summed E-state index contributed by atoms with van der Waals surface area (Å²) in [5.41, 5.74) is 0.311. The Morgan fingerprint density at radius 1 is 1.40 bits per heavy atom. The summed E-state index contributed by atoms with van der Waals surface area (Å²) in [5.74, 6) is -1.16. The van der Waals surface area contributed by atoms with Crippen LogP contribution in [0.1, 0.15) is 18.4 Å². The van der Waals surface area contributed by atoms with Crippen molar-refractivity contribution in [2.24, 2.45) is 5.92 Å². The van der Waals surface area contributed by atoms with Gasteiger partial charge in [0.25, 0.3) is 0 Å². The van der Waals surface area contributed by atoms with Gasteiger partial charge in [0, 0.05) is 24.1 Å². The predicted octanol–water partition coefficient (Wildman–Crippen LogP) is 1.99. The predicted molar refractivity (Wildman–Crippen MR) is 50.9 cm³/mol. The Hall–Kier alpha value is -1.45. The van der Waals surface area contributed by atoms with Crippen LogP contribution >= 0.6 is 0 Å². The van der Waals surface area contributed by atoms with Gasteiger partial charge >= 0.3 is 0 Å². The van der Waals surface area contributed by atoms with Crippen LogP contribution in [0.2, 0.25) is 0 Å². The summed E-state index contributed by atoms with van der Waals surface area (Å²) in [6, 6.07) is 3.35. The first kappa shape index (κ1) is 10.1. The molecule has 1 saturated carbocycles. The van der Waals surface area contributed by atoms with Crippen LogP contribution in [0.25, 0.3) is 0 Å². The van der Waals surface area contributed by atoms with Crippen LogP contribution in [-0.4, -0.2) is 5.91 Å². The molecule has 0 heterocycles. The molecule has 1 aromatic rings. The fourth-order valence-corrected chi connectivity index (χ4v) is 1.34. The number of carbonyl (C=O) groups is 1. The Labute approximate surface area is 86.3 Å². The summed E-state index contributed by atoms with van der Waals surface area (Å²) < 4.78 is 25.7. The lowest BCUT2D eigenvalue weighted by Crippen LogP contribution is -2.24. The van der Waals surface area contributed by atoms with E-state index in [1.54, 1.807) is 0 Å². The van der Waals surface area contributed by atoms with Gasteiger partial charge in [0.15, 0.2) is 0 Å². The van der Waals surface area contributed by atoms with E-state index in [0.717, 1.165) is 18.9 Å². The largest absolute Gasteiger partial charge is 0.352 e. The minimum atomic E-state index is -0.619. The van der Waals surface area contributed by atoms with E-state index in [1.807, 2.05) is 0 Å². The second kappa shape index (κ2) is 3.96. The lowest BCUT2D eigenvalue weighted by Gasteiger charge is -2.05. The second-order valence-electron chi connectivity index (χ2n) is 3.73. The van der Waals surface area contributed by atoms with Crippen molar-refractivity contribution in [2.45, 2.75) is 19.4 Å². The number of carbonyl (C=O) groups excluding carboxylic acids is 1. The minimum Gasteiger partial charge on any atom is -0.352 e. The number of halogens is 2. The van der Waals surface area contributed by atoms with Crippen molar-refractivity contribution in [1.29, 1.82) is 0 Å². The standard InChI is InChI=1S/C11H11F2NO/c12-9-4-3-8(10(13)5-9)6-14-11(15)7-1-2-7/h3-5,7H,1-2,6H2,(H,14,15). The molecule has 1 amide bonds. The highest BCUT2D eigenvalue weighted by Gasteiger charge is 2.29. The van der Waals surface area contributed by atoms with Crippen molar-refractivity contribution in [3.63, 3.8) is 0 Å². The molecule has 0 aliphatic heterocycles. The van der Waals surface area contributed by atoms with E-state index in [4.69, 9.17) is 0 Å². The molecule has 0 bridgehead atoms. The fraction of sp³-hybridized carbons (Fsp3) is 0.364. The normalized spacial score (nSPS) is 15.1. The van der Waals surface area contributed by atoms with Crippen LogP contribution < -0.4 is 5.32 Å². The number of hydrogen-bond donors (Lipinski definition) is 1. The highest BCUT2D eigenvalue weighted by molar-refractivity contribution is 5.80. The van der Waals surface area contributed by atoms with Crippen molar-refractivity contribution in [3.8, 4) is 0 Å². The fourth-order valence-electron chi connectivity index (χ4n) is 1.34. The van der Waals surface area contributed by atoms with Crippen molar-refractivity contribution in [2.75, 3.05) is 0 Å². The van der Waals surface area contributed by atoms with Gasteiger partial charge in [-0.1, -0.05) is 6.07 Å². The van der Waals surface area contributed by atoms with E-state index in [2.05, 4.69) is 5.32 Å². The molecular weight excluding hydrogens is 200 g/mol. The van der Waals surface area contributed by atoms with Crippen LogP contribution in [0.5, 0.6) is 0 Å². The summed E-state index contributed by atoms with van der Waals surface area (Å²) in [6.07, 6.45) is 1.83. The molecule has 0 aromatic heterocycles. The molecule has 1 N–H and O–H groups in total. The molecule has 0 radical (unpaired) electrons. The van der Waals surface area contributed by atoms with E-state index in [0.29, 0.717) is 5.56 Å². The van der Waals surface area contributed by atoms with Crippen LogP contribution in [-0.2, 0) is 11.3 Å². The first-order valence-corrected chi connectivity index (χ1v) is 4.88. The molecule has 1 aliphatic rings. The molecule has 15 heavy (non-hydrogen) atoms. The van der Waals surface area contributed by atoms with Crippen LogP contribution in [0.15, 0.2) is 18.2 Å². The van der Waals surface area contributed by atoms with Crippen molar-refractivity contribution >= 4 is 5.91 Å². The first-order valence-electron chi connectivity index (χ1n) is 4.88. The number of rotatable bonds is 3. The molecule has 0 spiro atoms. The summed E-state index contributed by atoms with van der Waals surface area (Å²) in [6.45, 7) is 0.126. The Morgan fingerprint density at radius 2 is 2.13 bits per heavy atom. The lowest BCUT2D eigenvalue weighted by atomic mass is 10.2. The first-order chi connectivity index (χ1) is 7.16. The zero-order chi connectivity index (χ0) is 10.8. The monoisotopic (exact) mass is 211 g/mol. The number of hydrogen-bond acceptors (Lipinski definition) is 1. The van der Waals surface area contributed by atoms with E-state index in [-0.39, 0.29) is 18.4 Å². The Kier molecular flexibility index (Phi) is 2.66. The molecular formula is C11H11F2NO. The van der Waals surface area contributed by atoms with Gasteiger partial charge in [-0.3, -0.25) is 4.79 Å². The summed E-state index contributed by atoms with van der Waals surface area (Å²) in [7, 11) is 0. The third-order valence-corrected chi connectivity index (χ3v) is 2.42. The maximum absolute atomic E-state index is 13.1. The Morgan fingerprint density at radius 3 is 2.73 bits per heavy atom. The summed E-state index contributed by atoms with van der Waals surface area (Å²) in [5, 5.41) is 2.62. The maximum atomic E-state index is 13.1. The van der Waals surface area contributed by atoms with Gasteiger partial charge in [0.1, 0.15) is 11.6 Å². The van der Waals surface area contributed by atoms with Gasteiger partial charge in [-0.05, 0) is 18.9 Å². The third-order valence-electron chi connectivity index (χ3n) is 2.42. The molecule has 1 aliphatic carbocycles. The van der Waals surface area contributed by atoms with Gasteiger partial charge < -0.3 is 5.32 Å². The minimum absolute atomic E-state index is 0.0428. The number of nitrogens with one attached hydrogen (secondary N) is 1. The van der Waals surface area contributed by atoms with E-state index < -0.39 is 11.6 Å². The summed E-state index contributed by atoms with van der Waals surface area (Å²) in [4.78, 5) is 11.2. The highest BCUT2D eigenvalue weighted by atomic mass is 19.1. The molecule has 1 fully saturated rings. The van der Waals surface area contributed by atoms with E-state index in [9.17, 15) is 13.6 Å². The highest BCUT2D eigenvalue weighted by Crippen LogP contribution is 2.28. The van der Waals surface area contributed by atoms with Gasteiger partial charge in [0.2, 0.25) is 5.91 Å². The molecule has 1 aromatic carbocycles. The Balaban J connectivity index is 1.95. The van der Waals surface area contributed by atoms with Gasteiger partial charge in [0.05, 0.1) is 0 Å². The average molecular weight is 211 g/mol. The smallest absolute Gasteiger partial charge is 0.223 e. The molecule has 80 valence electrons. The molecule has 0 atom stereocenters. The molecule has 2 nitrogen and oxygen atoms in total. The zero-order valence-electron chi connectivity index (χ0n) is 8.09. The van der Waals surface area contributed by atoms with E-state index >= 15 is 0 Å². The summed E-state index contributed by atoms with van der Waals surface area (Å²) >= 11 is 0. The van der Waals surface area contributed by atoms with Crippen LogP contribution in [0.3, 0.4) is 0 Å². The van der Waals surface area contributed by atoms with Crippen molar-refractivity contribution < 1.29 is 13.6 Å². The molecule has 0 saturated heterocycles.